The smallest absolute Gasteiger partial charge is 1.00 e. The molecule has 0 unspecified atom stereocenters. The molecular formula is C2H7Ca2O7P. The number of hydrogen-bond acceptors (Lipinski definition) is 4. The Balaban J connectivity index is -0.0000000270. The van der Waals surface area contributed by atoms with Crippen molar-refractivity contribution in [2.45, 2.75) is 0 Å². The zero-order valence-corrected chi connectivity index (χ0v) is 11.1. The van der Waals surface area contributed by atoms with Gasteiger partial charge in [0.25, 0.3) is 0 Å². The average molecular weight is 254 g/mol. The summed E-state index contributed by atoms with van der Waals surface area (Å²) in [6, 6.07) is 0. The maximum absolute atomic E-state index is 9.84. The molecule has 0 fully saturated rings. The van der Waals surface area contributed by atoms with Crippen LogP contribution < -0.4 is 0 Å². The number of phosphoric ester groups is 1. The molecule has 7 nitrogen and oxygen atoms in total. The third-order valence-electron chi connectivity index (χ3n) is 0.376. The van der Waals surface area contributed by atoms with Crippen molar-refractivity contribution in [3.8, 4) is 0 Å². The van der Waals surface area contributed by atoms with Crippen LogP contribution in [0.4, 0.5) is 0 Å². The third kappa shape index (κ3) is 11.6. The fraction of sp³-hybridized carbons (Fsp3) is 0. The largest absolute Gasteiger partial charge is 2.00 e. The van der Waals surface area contributed by atoms with Gasteiger partial charge in [-0.2, -0.15) is 0 Å². The predicted molar refractivity (Wildman–Crippen MR) is 41.7 cm³/mol. The van der Waals surface area contributed by atoms with Crippen LogP contribution in [-0.4, -0.2) is 102 Å². The van der Waals surface area contributed by atoms with Crippen molar-refractivity contribution in [3.05, 3.63) is 0 Å². The number of carbonyl (C=O) groups is 2. The summed E-state index contributed by atoms with van der Waals surface area (Å²) in [6.07, 6.45) is 0. The molecule has 0 aliphatic heterocycles. The summed E-state index contributed by atoms with van der Waals surface area (Å²) in [5.41, 5.74) is 0. The van der Waals surface area contributed by atoms with Gasteiger partial charge in [0, 0.05) is 0 Å². The van der Waals surface area contributed by atoms with Gasteiger partial charge >= 0.3 is 95.2 Å². The second-order valence-corrected chi connectivity index (χ2v) is 2.34. The quantitative estimate of drug-likeness (QED) is 0.292. The SMILES string of the molecule is O=C(O)C(=O)OP(=O)(O)O.[Ca+2].[Ca+2].[H-].[H-].[H-].[H-]. The first-order chi connectivity index (χ1) is 4.33. The number of phosphoric acid groups is 1. The van der Waals surface area contributed by atoms with Crippen molar-refractivity contribution in [1.29, 1.82) is 0 Å². The van der Waals surface area contributed by atoms with Crippen LogP contribution in [0.3, 0.4) is 0 Å². The van der Waals surface area contributed by atoms with Gasteiger partial charge in [0.05, 0.1) is 0 Å². The van der Waals surface area contributed by atoms with Gasteiger partial charge in [-0.3, -0.25) is 9.79 Å². The molecule has 0 aromatic heterocycles. The molecule has 0 rings (SSSR count). The summed E-state index contributed by atoms with van der Waals surface area (Å²) in [5.74, 6) is -4.03. The first kappa shape index (κ1) is 19.2. The molecule has 0 heterocycles. The van der Waals surface area contributed by atoms with Crippen molar-refractivity contribution in [2.75, 3.05) is 0 Å². The Bertz CT molecular complexity index is 220. The van der Waals surface area contributed by atoms with E-state index in [1.165, 1.54) is 0 Å². The molecule has 0 aromatic carbocycles. The number of carbonyl (C=O) groups excluding carboxylic acids is 1. The van der Waals surface area contributed by atoms with Crippen molar-refractivity contribution >= 4 is 95.2 Å². The minimum absolute atomic E-state index is 0. The molecular weight excluding hydrogens is 247 g/mol. The van der Waals surface area contributed by atoms with Gasteiger partial charge in [-0.05, 0) is 0 Å². The summed E-state index contributed by atoms with van der Waals surface area (Å²) in [4.78, 5) is 35.1. The van der Waals surface area contributed by atoms with Crippen molar-refractivity contribution in [3.63, 3.8) is 0 Å². The summed E-state index contributed by atoms with van der Waals surface area (Å²) in [7, 11) is -5.01. The topological polar surface area (TPSA) is 121 Å². The Hall–Kier alpha value is 1.61. The zero-order chi connectivity index (χ0) is 8.36. The van der Waals surface area contributed by atoms with Crippen LogP contribution in [0, 0.1) is 0 Å². The van der Waals surface area contributed by atoms with E-state index >= 15 is 0 Å². The number of carboxylic acids is 1. The van der Waals surface area contributed by atoms with E-state index in [0.29, 0.717) is 0 Å². The van der Waals surface area contributed by atoms with Crippen LogP contribution in [0.15, 0.2) is 0 Å². The first-order valence-corrected chi connectivity index (χ1v) is 3.38. The average Bonchev–Trinajstić information content (AvgIpc) is 1.60. The number of carboxylic acid groups (broad SMARTS) is 1. The molecule has 66 valence electrons. The molecule has 3 N–H and O–H groups in total. The van der Waals surface area contributed by atoms with E-state index in [-0.39, 0.29) is 81.2 Å². The van der Waals surface area contributed by atoms with Crippen LogP contribution in [0.25, 0.3) is 0 Å². The molecule has 0 atom stereocenters. The standard InChI is InChI=1S/C2H3O7P.2Ca.4H/c3-1(4)2(5)9-10(6,7)8;;;;;;/h(H,3,4)(H2,6,7,8);;;;;;/q;2*+2;4*-1. The van der Waals surface area contributed by atoms with Crippen LogP contribution in [0.5, 0.6) is 0 Å². The van der Waals surface area contributed by atoms with E-state index in [4.69, 9.17) is 14.9 Å². The minimum atomic E-state index is -5.01. The molecule has 0 saturated heterocycles. The van der Waals surface area contributed by atoms with Crippen LogP contribution in [-0.2, 0) is 18.7 Å². The van der Waals surface area contributed by atoms with Gasteiger partial charge in [-0.1, -0.05) is 0 Å². The van der Waals surface area contributed by atoms with Gasteiger partial charge in [-0.15, -0.1) is 0 Å². The van der Waals surface area contributed by atoms with Gasteiger partial charge in [0.2, 0.25) is 0 Å². The van der Waals surface area contributed by atoms with E-state index in [0.717, 1.165) is 0 Å². The van der Waals surface area contributed by atoms with E-state index in [9.17, 15) is 14.2 Å². The summed E-state index contributed by atoms with van der Waals surface area (Å²) in [6.45, 7) is 0. The third-order valence-corrected chi connectivity index (χ3v) is 0.780. The Morgan fingerprint density at radius 3 is 1.67 bits per heavy atom. The van der Waals surface area contributed by atoms with Crippen LogP contribution in [0.1, 0.15) is 5.71 Å². The summed E-state index contributed by atoms with van der Waals surface area (Å²) < 4.78 is 12.9. The molecule has 0 aliphatic rings. The maximum Gasteiger partial charge on any atom is 2.00 e. The molecule has 10 heteroatoms. The molecule has 12 heavy (non-hydrogen) atoms. The van der Waals surface area contributed by atoms with Gasteiger partial charge < -0.3 is 15.3 Å². The Morgan fingerprint density at radius 1 is 1.25 bits per heavy atom. The monoisotopic (exact) mass is 254 g/mol. The fourth-order valence-electron chi connectivity index (χ4n) is 0.147. The van der Waals surface area contributed by atoms with Crippen molar-refractivity contribution in [2.24, 2.45) is 0 Å². The summed E-state index contributed by atoms with van der Waals surface area (Å²) >= 11 is 0. The van der Waals surface area contributed by atoms with Crippen LogP contribution >= 0.6 is 7.82 Å². The van der Waals surface area contributed by atoms with Crippen molar-refractivity contribution < 1.29 is 39.3 Å². The van der Waals surface area contributed by atoms with E-state index in [2.05, 4.69) is 4.52 Å². The van der Waals surface area contributed by atoms with E-state index in [1.807, 2.05) is 0 Å². The molecule has 0 aromatic rings. The normalized spacial score (nSPS) is 8.83. The fourth-order valence-corrected chi connectivity index (χ4v) is 0.441. The molecule has 0 spiro atoms. The van der Waals surface area contributed by atoms with Gasteiger partial charge in [0.15, 0.2) is 0 Å². The maximum atomic E-state index is 9.84. The van der Waals surface area contributed by atoms with Gasteiger partial charge in [0.1, 0.15) is 0 Å². The minimum Gasteiger partial charge on any atom is -1.00 e. The first-order valence-electron chi connectivity index (χ1n) is 1.85. The van der Waals surface area contributed by atoms with Gasteiger partial charge in [-0.25, -0.2) is 14.2 Å². The second kappa shape index (κ2) is 7.96. The second-order valence-electron chi connectivity index (χ2n) is 1.17. The molecule has 0 saturated carbocycles. The van der Waals surface area contributed by atoms with E-state index < -0.39 is 19.8 Å². The summed E-state index contributed by atoms with van der Waals surface area (Å²) in [5, 5.41) is 7.73. The number of rotatable bonds is 1. The molecule has 0 radical (unpaired) electrons. The predicted octanol–water partition coefficient (Wildman–Crippen LogP) is -1.60. The van der Waals surface area contributed by atoms with E-state index in [1.54, 1.807) is 0 Å². The molecule has 0 aliphatic carbocycles. The Kier molecular flexibility index (Phi) is 12.8. The molecule has 0 amide bonds. The zero-order valence-electron chi connectivity index (χ0n) is 9.84. The Morgan fingerprint density at radius 2 is 1.58 bits per heavy atom. The number of aliphatic carboxylic acids is 1. The number of hydrogen-bond donors (Lipinski definition) is 3. The molecule has 0 bridgehead atoms. The van der Waals surface area contributed by atoms with Crippen LogP contribution in [0.2, 0.25) is 0 Å². The van der Waals surface area contributed by atoms with Crippen molar-refractivity contribution in [1.82, 2.24) is 0 Å². The Labute approximate surface area is 133 Å².